The predicted octanol–water partition coefficient (Wildman–Crippen LogP) is 6.08. The molecule has 0 spiro atoms. The Kier molecular flexibility index (Phi) is 6.62. The van der Waals surface area contributed by atoms with Gasteiger partial charge in [-0.15, -0.1) is 0 Å². The minimum absolute atomic E-state index is 0.0124. The van der Waals surface area contributed by atoms with E-state index in [1.165, 1.54) is 5.56 Å². The summed E-state index contributed by atoms with van der Waals surface area (Å²) in [6, 6.07) is 22.6. The van der Waals surface area contributed by atoms with Crippen molar-refractivity contribution >= 4 is 16.8 Å². The largest absolute Gasteiger partial charge is 0.332 e. The van der Waals surface area contributed by atoms with Gasteiger partial charge in [-0.3, -0.25) is 14.2 Å². The molecule has 1 amide bonds. The number of amides is 1. The Balaban J connectivity index is 1.82. The Morgan fingerprint density at radius 1 is 0.971 bits per heavy atom. The molecule has 1 atom stereocenters. The van der Waals surface area contributed by atoms with Crippen LogP contribution in [0.25, 0.3) is 16.6 Å². The Morgan fingerprint density at radius 2 is 1.60 bits per heavy atom. The fourth-order valence-electron chi connectivity index (χ4n) is 4.36. The van der Waals surface area contributed by atoms with E-state index < -0.39 is 6.04 Å². The number of hydrogen-bond acceptors (Lipinski definition) is 3. The molecule has 0 saturated heterocycles. The summed E-state index contributed by atoms with van der Waals surface area (Å²) in [5, 5.41) is 0.557. The lowest BCUT2D eigenvalue weighted by Gasteiger charge is -2.28. The molecule has 0 aliphatic rings. The van der Waals surface area contributed by atoms with Gasteiger partial charge in [0.15, 0.2) is 0 Å². The molecule has 3 aromatic carbocycles. The maximum atomic E-state index is 13.7. The number of nitrogens with zero attached hydrogens (tertiary/aromatic N) is 3. The van der Waals surface area contributed by atoms with Crippen molar-refractivity contribution in [2.75, 3.05) is 7.05 Å². The van der Waals surface area contributed by atoms with E-state index in [1.54, 1.807) is 22.6 Å². The summed E-state index contributed by atoms with van der Waals surface area (Å²) in [7, 11) is 1.77. The molecule has 1 unspecified atom stereocenters. The molecule has 4 aromatic rings. The third-order valence-electron chi connectivity index (χ3n) is 6.69. The molecule has 0 bridgehead atoms. The van der Waals surface area contributed by atoms with Crippen LogP contribution in [0, 0.1) is 0 Å². The van der Waals surface area contributed by atoms with Crippen molar-refractivity contribution in [1.29, 1.82) is 0 Å². The summed E-state index contributed by atoms with van der Waals surface area (Å²) >= 11 is 0. The van der Waals surface area contributed by atoms with Crippen molar-refractivity contribution in [3.8, 4) is 5.69 Å². The van der Waals surface area contributed by atoms with E-state index >= 15 is 0 Å². The van der Waals surface area contributed by atoms with Crippen LogP contribution < -0.4 is 5.56 Å². The molecule has 0 aliphatic carbocycles. The Bertz CT molecular complexity index is 1430. The van der Waals surface area contributed by atoms with Crippen LogP contribution in [0.2, 0.25) is 0 Å². The first-order valence-electron chi connectivity index (χ1n) is 12.1. The van der Waals surface area contributed by atoms with Gasteiger partial charge in [0.2, 0.25) is 0 Å². The lowest BCUT2D eigenvalue weighted by atomic mass is 9.86. The highest BCUT2D eigenvalue weighted by Gasteiger charge is 2.26. The molecule has 5 nitrogen and oxygen atoms in total. The second-order valence-corrected chi connectivity index (χ2v) is 10.0. The first-order valence-corrected chi connectivity index (χ1v) is 12.1. The van der Waals surface area contributed by atoms with E-state index in [4.69, 9.17) is 4.98 Å². The van der Waals surface area contributed by atoms with Gasteiger partial charge in [-0.05, 0) is 60.2 Å². The molecule has 35 heavy (non-hydrogen) atoms. The van der Waals surface area contributed by atoms with Crippen LogP contribution in [0.15, 0.2) is 77.6 Å². The van der Waals surface area contributed by atoms with Gasteiger partial charge in [0, 0.05) is 12.6 Å². The molecule has 0 aliphatic heterocycles. The molecule has 5 heteroatoms. The molecule has 0 N–H and O–H groups in total. The molecule has 0 fully saturated rings. The van der Waals surface area contributed by atoms with Gasteiger partial charge in [-0.25, -0.2) is 4.98 Å². The van der Waals surface area contributed by atoms with Crippen LogP contribution in [0.3, 0.4) is 0 Å². The Labute approximate surface area is 207 Å². The van der Waals surface area contributed by atoms with Crippen molar-refractivity contribution in [3.05, 3.63) is 106 Å². The van der Waals surface area contributed by atoms with Crippen molar-refractivity contribution in [3.63, 3.8) is 0 Å². The first-order chi connectivity index (χ1) is 16.6. The van der Waals surface area contributed by atoms with Crippen LogP contribution in [-0.4, -0.2) is 27.4 Å². The standard InChI is InChI=1S/C30H33N3O2/c1-7-21-12-8-11-15-26(21)33-27(31-25-14-10-9-13-24(25)29(33)35)20(2)32(6)28(34)22-16-18-23(19-17-22)30(3,4)5/h8-20H,7H2,1-6H3. The summed E-state index contributed by atoms with van der Waals surface area (Å²) in [6.07, 6.45) is 0.776. The van der Waals surface area contributed by atoms with Gasteiger partial charge in [0.1, 0.15) is 5.82 Å². The van der Waals surface area contributed by atoms with Crippen LogP contribution in [0.1, 0.15) is 68.0 Å². The number of para-hydroxylation sites is 2. The lowest BCUT2D eigenvalue weighted by molar-refractivity contribution is 0.0735. The zero-order valence-corrected chi connectivity index (χ0v) is 21.4. The summed E-state index contributed by atoms with van der Waals surface area (Å²) in [4.78, 5) is 33.7. The normalized spacial score (nSPS) is 12.5. The fraction of sp³-hybridized carbons (Fsp3) is 0.300. The highest BCUT2D eigenvalue weighted by molar-refractivity contribution is 5.94. The molecule has 1 heterocycles. The zero-order chi connectivity index (χ0) is 25.3. The van der Waals surface area contributed by atoms with Crippen molar-refractivity contribution < 1.29 is 4.79 Å². The SMILES string of the molecule is CCc1ccccc1-n1c(C(C)N(C)C(=O)c2ccc(C(C)(C)C)cc2)nc2ccccc2c1=O. The number of carbonyl (C=O) groups excluding carboxylic acids is 1. The molecule has 1 aromatic heterocycles. The minimum Gasteiger partial charge on any atom is -0.332 e. The average Bonchev–Trinajstić information content (AvgIpc) is 2.87. The zero-order valence-electron chi connectivity index (χ0n) is 21.4. The highest BCUT2D eigenvalue weighted by atomic mass is 16.2. The van der Waals surface area contributed by atoms with Gasteiger partial charge in [0.05, 0.1) is 22.6 Å². The van der Waals surface area contributed by atoms with E-state index in [2.05, 4.69) is 27.7 Å². The third kappa shape index (κ3) is 4.63. The van der Waals surface area contributed by atoms with Crippen LogP contribution in [0.4, 0.5) is 0 Å². The quantitative estimate of drug-likeness (QED) is 0.357. The van der Waals surface area contributed by atoms with Crippen LogP contribution in [0.5, 0.6) is 0 Å². The van der Waals surface area contributed by atoms with Crippen LogP contribution >= 0.6 is 0 Å². The number of rotatable bonds is 5. The smallest absolute Gasteiger partial charge is 0.266 e. The van der Waals surface area contributed by atoms with Gasteiger partial charge < -0.3 is 4.90 Å². The third-order valence-corrected chi connectivity index (χ3v) is 6.69. The second kappa shape index (κ2) is 9.49. The Morgan fingerprint density at radius 3 is 2.26 bits per heavy atom. The van der Waals surface area contributed by atoms with Gasteiger partial charge in [0.25, 0.3) is 11.5 Å². The molecular formula is C30H33N3O2. The number of aryl methyl sites for hydroxylation is 1. The number of fused-ring (bicyclic) bond motifs is 1. The topological polar surface area (TPSA) is 55.2 Å². The Hall–Kier alpha value is -3.73. The van der Waals surface area contributed by atoms with E-state index in [0.29, 0.717) is 22.3 Å². The predicted molar refractivity (Wildman–Crippen MR) is 142 cm³/mol. The number of hydrogen-bond donors (Lipinski definition) is 0. The second-order valence-electron chi connectivity index (χ2n) is 10.0. The highest BCUT2D eigenvalue weighted by Crippen LogP contribution is 2.26. The molecule has 4 rings (SSSR count). The van der Waals surface area contributed by atoms with Gasteiger partial charge in [-0.1, -0.05) is 70.2 Å². The number of carbonyl (C=O) groups is 1. The van der Waals surface area contributed by atoms with E-state index in [9.17, 15) is 9.59 Å². The van der Waals surface area contributed by atoms with Crippen molar-refractivity contribution in [2.45, 2.75) is 52.5 Å². The van der Waals surface area contributed by atoms with E-state index in [-0.39, 0.29) is 16.9 Å². The lowest BCUT2D eigenvalue weighted by Crippen LogP contribution is -2.35. The average molecular weight is 468 g/mol. The van der Waals surface area contributed by atoms with Crippen molar-refractivity contribution in [1.82, 2.24) is 14.5 Å². The monoisotopic (exact) mass is 467 g/mol. The summed E-state index contributed by atoms with van der Waals surface area (Å²) < 4.78 is 1.68. The maximum Gasteiger partial charge on any atom is 0.266 e. The molecule has 180 valence electrons. The molecule has 0 radical (unpaired) electrons. The summed E-state index contributed by atoms with van der Waals surface area (Å²) in [5.41, 5.74) is 4.14. The van der Waals surface area contributed by atoms with Crippen LogP contribution in [-0.2, 0) is 11.8 Å². The maximum absolute atomic E-state index is 13.7. The summed E-state index contributed by atoms with van der Waals surface area (Å²) in [5.74, 6) is 0.424. The van der Waals surface area contributed by atoms with Gasteiger partial charge >= 0.3 is 0 Å². The number of benzene rings is 3. The molecule has 0 saturated carbocycles. The van der Waals surface area contributed by atoms with Crippen molar-refractivity contribution in [2.24, 2.45) is 0 Å². The summed E-state index contributed by atoms with van der Waals surface area (Å²) in [6.45, 7) is 10.4. The first kappa shape index (κ1) is 24.4. The number of aromatic nitrogens is 2. The van der Waals surface area contributed by atoms with Gasteiger partial charge in [-0.2, -0.15) is 0 Å². The van der Waals surface area contributed by atoms with E-state index in [0.717, 1.165) is 17.7 Å². The minimum atomic E-state index is -0.438. The fourth-order valence-corrected chi connectivity index (χ4v) is 4.36. The molecular weight excluding hydrogens is 434 g/mol. The van der Waals surface area contributed by atoms with E-state index in [1.807, 2.05) is 73.7 Å².